The SMILES string of the molecule is C=C(C)CCOc1ccc(C)cc1[C@H](C)O. The third kappa shape index (κ3) is 3.70. The molecule has 0 heterocycles. The van der Waals surface area contributed by atoms with Crippen LogP contribution in [-0.2, 0) is 0 Å². The number of aryl methyl sites for hydroxylation is 1. The highest BCUT2D eigenvalue weighted by Crippen LogP contribution is 2.26. The molecule has 0 radical (unpaired) electrons. The van der Waals surface area contributed by atoms with Gasteiger partial charge in [-0.15, -0.1) is 6.58 Å². The second-order valence-electron chi connectivity index (χ2n) is 4.27. The highest BCUT2D eigenvalue weighted by molar-refractivity contribution is 5.38. The molecule has 2 nitrogen and oxygen atoms in total. The minimum absolute atomic E-state index is 0.500. The molecule has 0 fully saturated rings. The van der Waals surface area contributed by atoms with E-state index in [1.54, 1.807) is 6.92 Å². The van der Waals surface area contributed by atoms with Gasteiger partial charge in [0.1, 0.15) is 5.75 Å². The lowest BCUT2D eigenvalue weighted by atomic mass is 10.1. The molecule has 0 aliphatic heterocycles. The highest BCUT2D eigenvalue weighted by atomic mass is 16.5. The van der Waals surface area contributed by atoms with Crippen LogP contribution >= 0.6 is 0 Å². The maximum atomic E-state index is 9.64. The summed E-state index contributed by atoms with van der Waals surface area (Å²) in [6, 6.07) is 5.86. The Morgan fingerprint density at radius 3 is 2.75 bits per heavy atom. The Morgan fingerprint density at radius 1 is 1.50 bits per heavy atom. The molecule has 0 unspecified atom stereocenters. The molecule has 0 amide bonds. The minimum atomic E-state index is -0.500. The summed E-state index contributed by atoms with van der Waals surface area (Å²) in [5.74, 6) is 0.766. The van der Waals surface area contributed by atoms with Crippen LogP contribution in [0.3, 0.4) is 0 Å². The summed E-state index contributed by atoms with van der Waals surface area (Å²) < 4.78 is 5.64. The van der Waals surface area contributed by atoms with Crippen LogP contribution in [-0.4, -0.2) is 11.7 Å². The lowest BCUT2D eigenvalue weighted by Gasteiger charge is -2.14. The zero-order chi connectivity index (χ0) is 12.1. The Hall–Kier alpha value is -1.28. The summed E-state index contributed by atoms with van der Waals surface area (Å²) in [6.07, 6.45) is 0.340. The van der Waals surface area contributed by atoms with E-state index in [0.29, 0.717) is 6.61 Å². The zero-order valence-electron chi connectivity index (χ0n) is 10.3. The van der Waals surface area contributed by atoms with Crippen molar-refractivity contribution < 1.29 is 9.84 Å². The van der Waals surface area contributed by atoms with E-state index in [4.69, 9.17) is 4.74 Å². The lowest BCUT2D eigenvalue weighted by molar-refractivity contribution is 0.191. The lowest BCUT2D eigenvalue weighted by Crippen LogP contribution is -2.02. The zero-order valence-corrected chi connectivity index (χ0v) is 10.3. The van der Waals surface area contributed by atoms with Crippen molar-refractivity contribution in [2.24, 2.45) is 0 Å². The summed E-state index contributed by atoms with van der Waals surface area (Å²) in [6.45, 7) is 10.2. The second-order valence-corrected chi connectivity index (χ2v) is 4.27. The maximum absolute atomic E-state index is 9.64. The first kappa shape index (κ1) is 12.8. The van der Waals surface area contributed by atoms with Gasteiger partial charge in [-0.1, -0.05) is 17.2 Å². The fourth-order valence-corrected chi connectivity index (χ4v) is 1.46. The van der Waals surface area contributed by atoms with Gasteiger partial charge in [-0.2, -0.15) is 0 Å². The normalized spacial score (nSPS) is 12.2. The van der Waals surface area contributed by atoms with Gasteiger partial charge < -0.3 is 9.84 Å². The monoisotopic (exact) mass is 220 g/mol. The van der Waals surface area contributed by atoms with Crippen molar-refractivity contribution in [2.45, 2.75) is 33.3 Å². The van der Waals surface area contributed by atoms with Crippen molar-refractivity contribution in [1.29, 1.82) is 0 Å². The van der Waals surface area contributed by atoms with Crippen LogP contribution in [0.5, 0.6) is 5.75 Å². The van der Waals surface area contributed by atoms with E-state index >= 15 is 0 Å². The first-order chi connectivity index (χ1) is 7.50. The van der Waals surface area contributed by atoms with Crippen molar-refractivity contribution in [3.05, 3.63) is 41.5 Å². The van der Waals surface area contributed by atoms with Gasteiger partial charge in [-0.25, -0.2) is 0 Å². The molecule has 0 saturated heterocycles. The number of rotatable bonds is 5. The summed E-state index contributed by atoms with van der Waals surface area (Å²) >= 11 is 0. The molecule has 16 heavy (non-hydrogen) atoms. The van der Waals surface area contributed by atoms with Crippen LogP contribution in [0.2, 0.25) is 0 Å². The van der Waals surface area contributed by atoms with Gasteiger partial charge in [-0.05, 0) is 32.9 Å². The Kier molecular flexibility index (Phi) is 4.56. The Balaban J connectivity index is 2.74. The topological polar surface area (TPSA) is 29.5 Å². The van der Waals surface area contributed by atoms with Crippen LogP contribution in [0.15, 0.2) is 30.4 Å². The molecule has 0 spiro atoms. The van der Waals surface area contributed by atoms with Crippen LogP contribution in [0.25, 0.3) is 0 Å². The number of hydrogen-bond acceptors (Lipinski definition) is 2. The van der Waals surface area contributed by atoms with Crippen molar-refractivity contribution in [2.75, 3.05) is 6.61 Å². The summed E-state index contributed by atoms with van der Waals surface area (Å²) in [4.78, 5) is 0. The summed E-state index contributed by atoms with van der Waals surface area (Å²) in [5.41, 5.74) is 3.08. The Labute approximate surface area is 97.6 Å². The molecule has 0 bridgehead atoms. The average molecular weight is 220 g/mol. The van der Waals surface area contributed by atoms with Crippen LogP contribution in [0, 0.1) is 6.92 Å². The molecular formula is C14H20O2. The average Bonchev–Trinajstić information content (AvgIpc) is 2.19. The Morgan fingerprint density at radius 2 is 2.19 bits per heavy atom. The molecule has 1 aromatic carbocycles. The van der Waals surface area contributed by atoms with E-state index in [1.807, 2.05) is 32.0 Å². The van der Waals surface area contributed by atoms with E-state index in [2.05, 4.69) is 6.58 Å². The van der Waals surface area contributed by atoms with Crippen molar-refractivity contribution in [3.8, 4) is 5.75 Å². The number of aliphatic hydroxyl groups excluding tert-OH is 1. The molecular weight excluding hydrogens is 200 g/mol. The van der Waals surface area contributed by atoms with E-state index < -0.39 is 6.10 Å². The molecule has 1 atom stereocenters. The quantitative estimate of drug-likeness (QED) is 0.771. The second kappa shape index (κ2) is 5.71. The largest absolute Gasteiger partial charge is 0.493 e. The first-order valence-electron chi connectivity index (χ1n) is 5.56. The van der Waals surface area contributed by atoms with Crippen molar-refractivity contribution in [3.63, 3.8) is 0 Å². The molecule has 1 N–H and O–H groups in total. The Bertz CT molecular complexity index is 367. The molecule has 1 rings (SSSR count). The molecule has 0 aromatic heterocycles. The number of aliphatic hydroxyl groups is 1. The van der Waals surface area contributed by atoms with Gasteiger partial charge >= 0.3 is 0 Å². The standard InChI is InChI=1S/C14H20O2/c1-10(2)7-8-16-14-6-5-11(3)9-13(14)12(4)15/h5-6,9,12,15H,1,7-8H2,2-4H3/t12-/m0/s1. The number of benzene rings is 1. The summed E-state index contributed by atoms with van der Waals surface area (Å²) in [5, 5.41) is 9.64. The van der Waals surface area contributed by atoms with E-state index in [9.17, 15) is 5.11 Å². The van der Waals surface area contributed by atoms with Crippen LogP contribution < -0.4 is 4.74 Å². The molecule has 2 heteroatoms. The van der Waals surface area contributed by atoms with E-state index in [0.717, 1.165) is 28.9 Å². The molecule has 0 aliphatic rings. The smallest absolute Gasteiger partial charge is 0.125 e. The van der Waals surface area contributed by atoms with Crippen molar-refractivity contribution in [1.82, 2.24) is 0 Å². The van der Waals surface area contributed by atoms with Gasteiger partial charge in [0.2, 0.25) is 0 Å². The third-order valence-electron chi connectivity index (χ3n) is 2.40. The van der Waals surface area contributed by atoms with Gasteiger partial charge in [0.05, 0.1) is 12.7 Å². The molecule has 88 valence electrons. The molecule has 1 aromatic rings. The number of ether oxygens (including phenoxy) is 1. The maximum Gasteiger partial charge on any atom is 0.125 e. The predicted octanol–water partition coefficient (Wildman–Crippen LogP) is 3.39. The van der Waals surface area contributed by atoms with Crippen LogP contribution in [0.1, 0.15) is 37.5 Å². The predicted molar refractivity (Wildman–Crippen MR) is 66.7 cm³/mol. The fraction of sp³-hybridized carbons (Fsp3) is 0.429. The van der Waals surface area contributed by atoms with E-state index in [1.165, 1.54) is 0 Å². The number of hydrogen-bond donors (Lipinski definition) is 1. The highest BCUT2D eigenvalue weighted by Gasteiger charge is 2.09. The molecule has 0 saturated carbocycles. The van der Waals surface area contributed by atoms with Gasteiger partial charge in [0.15, 0.2) is 0 Å². The van der Waals surface area contributed by atoms with Gasteiger partial charge in [0.25, 0.3) is 0 Å². The first-order valence-corrected chi connectivity index (χ1v) is 5.56. The van der Waals surface area contributed by atoms with Crippen molar-refractivity contribution >= 4 is 0 Å². The van der Waals surface area contributed by atoms with Crippen LogP contribution in [0.4, 0.5) is 0 Å². The summed E-state index contributed by atoms with van der Waals surface area (Å²) in [7, 11) is 0. The molecule has 0 aliphatic carbocycles. The fourth-order valence-electron chi connectivity index (χ4n) is 1.46. The third-order valence-corrected chi connectivity index (χ3v) is 2.40. The van der Waals surface area contributed by atoms with E-state index in [-0.39, 0.29) is 0 Å². The van der Waals surface area contributed by atoms with Gasteiger partial charge in [-0.3, -0.25) is 0 Å². The minimum Gasteiger partial charge on any atom is -0.493 e. The van der Waals surface area contributed by atoms with Gasteiger partial charge in [0, 0.05) is 12.0 Å².